The lowest BCUT2D eigenvalue weighted by atomic mass is 10.4. The molecule has 0 aliphatic rings. The van der Waals surface area contributed by atoms with Gasteiger partial charge in [-0.2, -0.15) is 0 Å². The summed E-state index contributed by atoms with van der Waals surface area (Å²) >= 11 is 0. The molecule has 0 N–H and O–H groups in total. The van der Waals surface area contributed by atoms with Crippen LogP contribution in [0.15, 0.2) is 10.8 Å². The van der Waals surface area contributed by atoms with E-state index >= 15 is 0 Å². The van der Waals surface area contributed by atoms with Crippen molar-refractivity contribution in [3.8, 4) is 0 Å². The van der Waals surface area contributed by atoms with Crippen LogP contribution in [0, 0.1) is 0 Å². The van der Waals surface area contributed by atoms with Crippen LogP contribution in [0.2, 0.25) is 0 Å². The van der Waals surface area contributed by atoms with Crippen LogP contribution in [0.25, 0.3) is 0 Å². The number of nitrogens with zero attached hydrogens (tertiary/aromatic N) is 2. The second-order valence-electron chi connectivity index (χ2n) is 3.44. The van der Waals surface area contributed by atoms with Crippen molar-refractivity contribution in [1.29, 1.82) is 0 Å². The van der Waals surface area contributed by atoms with Crippen molar-refractivity contribution < 1.29 is 28.4 Å². The Kier molecular flexibility index (Phi) is 5.78. The first-order valence-corrected chi connectivity index (χ1v) is 5.22. The fourth-order valence-electron chi connectivity index (χ4n) is 1.02. The van der Waals surface area contributed by atoms with E-state index < -0.39 is 18.0 Å². The lowest BCUT2D eigenvalue weighted by molar-refractivity contribution is -0.153. The molecule has 0 radical (unpaired) electrons. The number of aromatic nitrogens is 2. The van der Waals surface area contributed by atoms with E-state index in [4.69, 9.17) is 14.2 Å². The van der Waals surface area contributed by atoms with Gasteiger partial charge < -0.3 is 14.2 Å². The van der Waals surface area contributed by atoms with Gasteiger partial charge in [0.05, 0.1) is 12.8 Å². The highest BCUT2D eigenvalue weighted by molar-refractivity contribution is 5.66. The van der Waals surface area contributed by atoms with Crippen molar-refractivity contribution in [3.63, 3.8) is 0 Å². The van der Waals surface area contributed by atoms with Crippen molar-refractivity contribution in [1.82, 2.24) is 10.3 Å². The monoisotopic (exact) mass is 258 g/mol. The molecule has 0 bridgehead atoms. The summed E-state index contributed by atoms with van der Waals surface area (Å²) in [6, 6.07) is 0. The second kappa shape index (κ2) is 7.38. The number of rotatable bonds is 7. The normalized spacial score (nSPS) is 10.4. The zero-order chi connectivity index (χ0) is 13.4. The molecule has 1 aromatic heterocycles. The van der Waals surface area contributed by atoms with E-state index in [1.165, 1.54) is 20.0 Å². The third kappa shape index (κ3) is 5.94. The number of carbonyl (C=O) groups excluding carboxylic acids is 2. The molecule has 100 valence electrons. The maximum Gasteiger partial charge on any atom is 0.302 e. The highest BCUT2D eigenvalue weighted by Gasteiger charge is 2.14. The average Bonchev–Trinajstić information content (AvgIpc) is 2.80. The predicted molar refractivity (Wildman–Crippen MR) is 56.1 cm³/mol. The first-order chi connectivity index (χ1) is 8.58. The summed E-state index contributed by atoms with van der Waals surface area (Å²) in [5, 5.41) is 6.96. The zero-order valence-electron chi connectivity index (χ0n) is 10.1. The maximum absolute atomic E-state index is 10.7. The van der Waals surface area contributed by atoms with Crippen molar-refractivity contribution >= 4 is 11.9 Å². The fourth-order valence-corrected chi connectivity index (χ4v) is 1.02. The number of esters is 2. The summed E-state index contributed by atoms with van der Waals surface area (Å²) in [7, 11) is 0. The summed E-state index contributed by atoms with van der Waals surface area (Å²) < 4.78 is 19.3. The summed E-state index contributed by atoms with van der Waals surface area (Å²) in [4.78, 5) is 21.4. The Morgan fingerprint density at radius 1 is 1.28 bits per heavy atom. The van der Waals surface area contributed by atoms with Gasteiger partial charge in [0, 0.05) is 13.8 Å². The van der Waals surface area contributed by atoms with Gasteiger partial charge in [-0.1, -0.05) is 10.3 Å². The number of hydrogen-bond acceptors (Lipinski definition) is 8. The van der Waals surface area contributed by atoms with Crippen molar-refractivity contribution in [3.05, 3.63) is 11.9 Å². The van der Waals surface area contributed by atoms with E-state index in [-0.39, 0.29) is 19.8 Å². The topological polar surface area (TPSA) is 101 Å². The molecule has 0 aliphatic carbocycles. The minimum Gasteiger partial charge on any atom is -0.463 e. The Balaban J connectivity index is 2.37. The molecule has 0 amide bonds. The molecular weight excluding hydrogens is 244 g/mol. The van der Waals surface area contributed by atoms with Crippen LogP contribution in [-0.4, -0.2) is 41.6 Å². The Hall–Kier alpha value is -1.96. The van der Waals surface area contributed by atoms with Gasteiger partial charge in [0.25, 0.3) is 0 Å². The number of carbonyl (C=O) groups is 2. The summed E-state index contributed by atoms with van der Waals surface area (Å²) in [5.74, 6) is -0.871. The summed E-state index contributed by atoms with van der Waals surface area (Å²) in [6.45, 7) is 2.67. The van der Waals surface area contributed by atoms with Crippen molar-refractivity contribution in [2.45, 2.75) is 26.6 Å². The standard InChI is InChI=1S/C10H14N2O6/c1-7(13)15-5-10(6-16-8(2)14)17-4-9-3-11-18-12-9/h3,10H,4-6H2,1-2H3. The van der Waals surface area contributed by atoms with Gasteiger partial charge in [-0.15, -0.1) is 0 Å². The third-order valence-corrected chi connectivity index (χ3v) is 1.82. The lowest BCUT2D eigenvalue weighted by Crippen LogP contribution is -2.27. The Labute approximate surface area is 103 Å². The third-order valence-electron chi connectivity index (χ3n) is 1.82. The molecule has 1 rings (SSSR count). The Morgan fingerprint density at radius 3 is 2.33 bits per heavy atom. The first-order valence-electron chi connectivity index (χ1n) is 5.22. The van der Waals surface area contributed by atoms with Crippen molar-refractivity contribution in [2.24, 2.45) is 0 Å². The summed E-state index contributed by atoms with van der Waals surface area (Å²) in [5.41, 5.74) is 0.491. The van der Waals surface area contributed by atoms with E-state index in [0.717, 1.165) is 0 Å². The lowest BCUT2D eigenvalue weighted by Gasteiger charge is -2.16. The van der Waals surface area contributed by atoms with Crippen LogP contribution in [-0.2, 0) is 30.4 Å². The molecule has 8 heteroatoms. The average molecular weight is 258 g/mol. The van der Waals surface area contributed by atoms with Crippen LogP contribution < -0.4 is 0 Å². The van der Waals surface area contributed by atoms with Crippen LogP contribution in [0.5, 0.6) is 0 Å². The highest BCUT2D eigenvalue weighted by atomic mass is 16.6. The molecule has 0 aromatic carbocycles. The molecule has 0 fully saturated rings. The number of ether oxygens (including phenoxy) is 3. The van der Waals surface area contributed by atoms with Gasteiger partial charge in [-0.25, -0.2) is 4.63 Å². The zero-order valence-corrected chi connectivity index (χ0v) is 10.1. The van der Waals surface area contributed by atoms with Crippen LogP contribution in [0.1, 0.15) is 19.5 Å². The van der Waals surface area contributed by atoms with E-state index in [2.05, 4.69) is 14.9 Å². The van der Waals surface area contributed by atoms with Gasteiger partial charge >= 0.3 is 11.9 Å². The highest BCUT2D eigenvalue weighted by Crippen LogP contribution is 2.02. The smallest absolute Gasteiger partial charge is 0.302 e. The SMILES string of the molecule is CC(=O)OCC(COC(C)=O)OCc1cnon1. The molecule has 1 aromatic rings. The Morgan fingerprint density at radius 2 is 1.89 bits per heavy atom. The fraction of sp³-hybridized carbons (Fsp3) is 0.600. The minimum absolute atomic E-state index is 0.00606. The molecule has 18 heavy (non-hydrogen) atoms. The van der Waals surface area contributed by atoms with E-state index in [0.29, 0.717) is 5.69 Å². The second-order valence-corrected chi connectivity index (χ2v) is 3.44. The molecule has 0 aliphatic heterocycles. The van der Waals surface area contributed by atoms with Crippen LogP contribution >= 0.6 is 0 Å². The largest absolute Gasteiger partial charge is 0.463 e. The van der Waals surface area contributed by atoms with Crippen LogP contribution in [0.4, 0.5) is 0 Å². The van der Waals surface area contributed by atoms with E-state index in [1.807, 2.05) is 0 Å². The maximum atomic E-state index is 10.7. The molecule has 0 saturated heterocycles. The number of hydrogen-bond donors (Lipinski definition) is 0. The van der Waals surface area contributed by atoms with Gasteiger partial charge in [0.1, 0.15) is 25.0 Å². The van der Waals surface area contributed by atoms with Crippen LogP contribution in [0.3, 0.4) is 0 Å². The molecule has 0 spiro atoms. The van der Waals surface area contributed by atoms with Crippen molar-refractivity contribution in [2.75, 3.05) is 13.2 Å². The molecule has 8 nitrogen and oxygen atoms in total. The summed E-state index contributed by atoms with van der Waals surface area (Å²) in [6.07, 6.45) is 0.837. The minimum atomic E-state index is -0.561. The van der Waals surface area contributed by atoms with E-state index in [1.54, 1.807) is 0 Å². The molecule has 0 saturated carbocycles. The first kappa shape index (κ1) is 14.1. The van der Waals surface area contributed by atoms with Gasteiger partial charge in [-0.3, -0.25) is 9.59 Å². The predicted octanol–water partition coefficient (Wildman–Crippen LogP) is 0.0810. The molecule has 0 unspecified atom stereocenters. The van der Waals surface area contributed by atoms with Gasteiger partial charge in [0.15, 0.2) is 0 Å². The molecular formula is C10H14N2O6. The molecule has 0 atom stereocenters. The quantitative estimate of drug-likeness (QED) is 0.634. The van der Waals surface area contributed by atoms with E-state index in [9.17, 15) is 9.59 Å². The molecule has 1 heterocycles. The van der Waals surface area contributed by atoms with Gasteiger partial charge in [0.2, 0.25) is 0 Å². The van der Waals surface area contributed by atoms with Gasteiger partial charge in [-0.05, 0) is 0 Å². The Bertz CT molecular complexity index is 360.